The quantitative estimate of drug-likeness (QED) is 0.889. The Morgan fingerprint density at radius 2 is 2.25 bits per heavy atom. The summed E-state index contributed by atoms with van der Waals surface area (Å²) < 4.78 is 13.9. The number of hydrogen-bond acceptors (Lipinski definition) is 1. The lowest BCUT2D eigenvalue weighted by Gasteiger charge is -2.17. The molecule has 1 aliphatic rings. The highest BCUT2D eigenvalue weighted by Crippen LogP contribution is 2.26. The number of hydrogen-bond donors (Lipinski definition) is 1. The number of benzene rings is 1. The largest absolute Gasteiger partial charge is 0.310 e. The lowest BCUT2D eigenvalue weighted by Crippen LogP contribution is -2.30. The second kappa shape index (κ2) is 5.28. The van der Waals surface area contributed by atoms with Gasteiger partial charge in [-0.15, -0.1) is 0 Å². The molecule has 0 aliphatic heterocycles. The van der Waals surface area contributed by atoms with Crippen LogP contribution in [-0.4, -0.2) is 6.04 Å². The first-order chi connectivity index (χ1) is 7.68. The van der Waals surface area contributed by atoms with E-state index in [0.717, 1.165) is 18.0 Å². The standard InChI is InChI=1S/C13H17BrFN/c1-9-4-2-7-12(9)16-8-10-5-3-6-11(15)13(10)14/h3,5-6,9,12,16H,2,4,7-8H2,1H3. The molecule has 1 fully saturated rings. The summed E-state index contributed by atoms with van der Waals surface area (Å²) in [6.07, 6.45) is 3.86. The summed E-state index contributed by atoms with van der Waals surface area (Å²) in [6, 6.07) is 5.79. The fourth-order valence-electron chi connectivity index (χ4n) is 2.37. The normalized spacial score (nSPS) is 24.9. The molecule has 0 amide bonds. The maximum Gasteiger partial charge on any atom is 0.137 e. The van der Waals surface area contributed by atoms with Crippen LogP contribution in [0, 0.1) is 11.7 Å². The Labute approximate surface area is 105 Å². The van der Waals surface area contributed by atoms with Gasteiger partial charge < -0.3 is 5.32 Å². The van der Waals surface area contributed by atoms with Gasteiger partial charge in [0.25, 0.3) is 0 Å². The van der Waals surface area contributed by atoms with Crippen LogP contribution in [0.1, 0.15) is 31.7 Å². The molecule has 1 N–H and O–H groups in total. The molecule has 0 heterocycles. The van der Waals surface area contributed by atoms with E-state index in [1.54, 1.807) is 6.07 Å². The molecule has 1 aliphatic carbocycles. The monoisotopic (exact) mass is 285 g/mol. The average molecular weight is 286 g/mol. The fraction of sp³-hybridized carbons (Fsp3) is 0.538. The van der Waals surface area contributed by atoms with Crippen molar-refractivity contribution in [3.8, 4) is 0 Å². The Hall–Kier alpha value is -0.410. The fourth-order valence-corrected chi connectivity index (χ4v) is 2.78. The molecule has 0 aromatic heterocycles. The first-order valence-electron chi connectivity index (χ1n) is 5.84. The summed E-state index contributed by atoms with van der Waals surface area (Å²) in [7, 11) is 0. The molecular weight excluding hydrogens is 269 g/mol. The van der Waals surface area contributed by atoms with Crippen molar-refractivity contribution < 1.29 is 4.39 Å². The van der Waals surface area contributed by atoms with Gasteiger partial charge >= 0.3 is 0 Å². The van der Waals surface area contributed by atoms with Crippen molar-refractivity contribution in [3.05, 3.63) is 34.1 Å². The topological polar surface area (TPSA) is 12.0 Å². The van der Waals surface area contributed by atoms with Crippen LogP contribution >= 0.6 is 15.9 Å². The zero-order chi connectivity index (χ0) is 11.5. The van der Waals surface area contributed by atoms with Gasteiger partial charge in [-0.3, -0.25) is 0 Å². The third-order valence-corrected chi connectivity index (χ3v) is 4.34. The molecule has 0 spiro atoms. The summed E-state index contributed by atoms with van der Waals surface area (Å²) in [6.45, 7) is 3.03. The van der Waals surface area contributed by atoms with E-state index in [1.165, 1.54) is 25.3 Å². The highest BCUT2D eigenvalue weighted by Gasteiger charge is 2.22. The van der Waals surface area contributed by atoms with Gasteiger partial charge in [-0.2, -0.15) is 0 Å². The maximum absolute atomic E-state index is 13.3. The third kappa shape index (κ3) is 2.64. The van der Waals surface area contributed by atoms with Crippen LogP contribution in [0.3, 0.4) is 0 Å². The van der Waals surface area contributed by atoms with Crippen LogP contribution in [0.2, 0.25) is 0 Å². The smallest absolute Gasteiger partial charge is 0.137 e. The lowest BCUT2D eigenvalue weighted by atomic mass is 10.1. The van der Waals surface area contributed by atoms with Crippen molar-refractivity contribution in [2.24, 2.45) is 5.92 Å². The number of nitrogens with one attached hydrogen (secondary N) is 1. The summed E-state index contributed by atoms with van der Waals surface area (Å²) >= 11 is 3.29. The average Bonchev–Trinajstić information content (AvgIpc) is 2.67. The minimum absolute atomic E-state index is 0.182. The zero-order valence-electron chi connectivity index (χ0n) is 9.47. The highest BCUT2D eigenvalue weighted by molar-refractivity contribution is 9.10. The SMILES string of the molecule is CC1CCCC1NCc1cccc(F)c1Br. The van der Waals surface area contributed by atoms with E-state index in [9.17, 15) is 4.39 Å². The van der Waals surface area contributed by atoms with Crippen LogP contribution in [0.5, 0.6) is 0 Å². The molecule has 1 aromatic carbocycles. The van der Waals surface area contributed by atoms with Crippen molar-refractivity contribution in [2.75, 3.05) is 0 Å². The molecule has 1 aromatic rings. The second-order valence-corrected chi connectivity index (χ2v) is 5.40. The molecule has 0 saturated heterocycles. The highest BCUT2D eigenvalue weighted by atomic mass is 79.9. The van der Waals surface area contributed by atoms with Gasteiger partial charge in [0, 0.05) is 12.6 Å². The Bertz CT molecular complexity index is 367. The van der Waals surface area contributed by atoms with Crippen LogP contribution in [-0.2, 0) is 6.54 Å². The maximum atomic E-state index is 13.3. The van der Waals surface area contributed by atoms with Gasteiger partial charge in [0.1, 0.15) is 5.82 Å². The predicted octanol–water partition coefficient (Wildman–Crippen LogP) is 3.87. The predicted molar refractivity (Wildman–Crippen MR) is 67.7 cm³/mol. The van der Waals surface area contributed by atoms with Crippen molar-refractivity contribution >= 4 is 15.9 Å². The first-order valence-corrected chi connectivity index (χ1v) is 6.64. The Morgan fingerprint density at radius 3 is 2.94 bits per heavy atom. The van der Waals surface area contributed by atoms with Crippen molar-refractivity contribution in [2.45, 2.75) is 38.8 Å². The second-order valence-electron chi connectivity index (χ2n) is 4.61. The van der Waals surface area contributed by atoms with E-state index in [2.05, 4.69) is 28.2 Å². The molecule has 0 radical (unpaired) electrons. The van der Waals surface area contributed by atoms with Crippen molar-refractivity contribution in [1.29, 1.82) is 0 Å². The minimum atomic E-state index is -0.182. The van der Waals surface area contributed by atoms with E-state index in [4.69, 9.17) is 0 Å². The van der Waals surface area contributed by atoms with Crippen molar-refractivity contribution in [1.82, 2.24) is 5.32 Å². The molecule has 16 heavy (non-hydrogen) atoms. The molecule has 2 atom stereocenters. The minimum Gasteiger partial charge on any atom is -0.310 e. The van der Waals surface area contributed by atoms with Gasteiger partial charge in [-0.05, 0) is 46.3 Å². The van der Waals surface area contributed by atoms with Gasteiger partial charge in [-0.1, -0.05) is 25.5 Å². The van der Waals surface area contributed by atoms with Gasteiger partial charge in [0.15, 0.2) is 0 Å². The zero-order valence-corrected chi connectivity index (χ0v) is 11.1. The molecule has 1 saturated carbocycles. The third-order valence-electron chi connectivity index (χ3n) is 3.45. The van der Waals surface area contributed by atoms with Gasteiger partial charge in [0.05, 0.1) is 4.47 Å². The van der Waals surface area contributed by atoms with E-state index < -0.39 is 0 Å². The molecule has 2 rings (SSSR count). The Morgan fingerprint density at radius 1 is 1.44 bits per heavy atom. The molecule has 1 nitrogen and oxygen atoms in total. The van der Waals surface area contributed by atoms with E-state index in [-0.39, 0.29) is 5.82 Å². The van der Waals surface area contributed by atoms with E-state index >= 15 is 0 Å². The number of halogens is 2. The lowest BCUT2D eigenvalue weighted by molar-refractivity contribution is 0.425. The first kappa shape index (κ1) is 12.1. The molecular formula is C13H17BrFN. The molecule has 0 bridgehead atoms. The Kier molecular flexibility index (Phi) is 3.98. The summed E-state index contributed by atoms with van der Waals surface area (Å²) in [5, 5.41) is 3.52. The Balaban J connectivity index is 1.96. The van der Waals surface area contributed by atoms with Gasteiger partial charge in [0.2, 0.25) is 0 Å². The number of rotatable bonds is 3. The van der Waals surface area contributed by atoms with Crippen molar-refractivity contribution in [3.63, 3.8) is 0 Å². The van der Waals surface area contributed by atoms with Gasteiger partial charge in [-0.25, -0.2) is 4.39 Å². The van der Waals surface area contributed by atoms with Crippen LogP contribution < -0.4 is 5.32 Å². The summed E-state index contributed by atoms with van der Waals surface area (Å²) in [4.78, 5) is 0. The summed E-state index contributed by atoms with van der Waals surface area (Å²) in [5.74, 6) is 0.561. The van der Waals surface area contributed by atoms with E-state index in [1.807, 2.05) is 6.07 Å². The van der Waals surface area contributed by atoms with Crippen LogP contribution in [0.25, 0.3) is 0 Å². The molecule has 3 heteroatoms. The molecule has 88 valence electrons. The molecule has 2 unspecified atom stereocenters. The van der Waals surface area contributed by atoms with Crippen LogP contribution in [0.15, 0.2) is 22.7 Å². The summed E-state index contributed by atoms with van der Waals surface area (Å²) in [5.41, 5.74) is 0.999. The van der Waals surface area contributed by atoms with Crippen LogP contribution in [0.4, 0.5) is 4.39 Å². The van der Waals surface area contributed by atoms with E-state index in [0.29, 0.717) is 10.5 Å².